The summed E-state index contributed by atoms with van der Waals surface area (Å²) < 4.78 is 14.0. The van der Waals surface area contributed by atoms with Gasteiger partial charge in [-0.05, 0) is 57.9 Å². The molecule has 3 aromatic rings. The lowest BCUT2D eigenvalue weighted by Gasteiger charge is -2.08. The van der Waals surface area contributed by atoms with Crippen molar-refractivity contribution in [1.82, 2.24) is 10.3 Å². The molecule has 0 saturated carbocycles. The van der Waals surface area contributed by atoms with Gasteiger partial charge in [0.25, 0.3) is 11.8 Å². The van der Waals surface area contributed by atoms with E-state index in [1.165, 1.54) is 24.3 Å². The molecule has 0 aliphatic heterocycles. The van der Waals surface area contributed by atoms with E-state index in [0.717, 1.165) is 10.0 Å². The van der Waals surface area contributed by atoms with Gasteiger partial charge in [0.05, 0.1) is 0 Å². The molecule has 0 fully saturated rings. The highest BCUT2D eigenvalue weighted by molar-refractivity contribution is 9.10. The van der Waals surface area contributed by atoms with E-state index in [1.807, 2.05) is 6.07 Å². The van der Waals surface area contributed by atoms with Gasteiger partial charge in [0.1, 0.15) is 11.5 Å². The molecule has 0 spiro atoms. The number of nitrogens with one attached hydrogen (secondary N) is 3. The third-order valence-electron chi connectivity index (χ3n) is 3.62. The number of hydrogen-bond donors (Lipinski definition) is 3. The average Bonchev–Trinajstić information content (AvgIpc) is 3.06. The quantitative estimate of drug-likeness (QED) is 0.586. The molecule has 1 heterocycles. The van der Waals surface area contributed by atoms with Gasteiger partial charge >= 0.3 is 0 Å². The number of H-pyrrole nitrogens is 1. The molecule has 132 valence electrons. The Morgan fingerprint density at radius 2 is 1.85 bits per heavy atom. The molecule has 0 radical (unpaired) electrons. The fourth-order valence-electron chi connectivity index (χ4n) is 2.37. The number of aromatic amines is 1. The van der Waals surface area contributed by atoms with Crippen molar-refractivity contribution >= 4 is 33.4 Å². The number of carbonyl (C=O) groups excluding carboxylic acids is 2. The van der Waals surface area contributed by atoms with Crippen LogP contribution >= 0.6 is 15.9 Å². The molecule has 3 N–H and O–H groups in total. The first-order valence-electron chi connectivity index (χ1n) is 7.79. The van der Waals surface area contributed by atoms with E-state index in [2.05, 4.69) is 31.5 Å². The van der Waals surface area contributed by atoms with Gasteiger partial charge in [-0.15, -0.1) is 0 Å². The summed E-state index contributed by atoms with van der Waals surface area (Å²) in [6.45, 7) is 0.305. The number of anilines is 1. The van der Waals surface area contributed by atoms with Crippen molar-refractivity contribution < 1.29 is 14.0 Å². The first kappa shape index (κ1) is 17.9. The number of benzene rings is 2. The molecule has 0 bridgehead atoms. The van der Waals surface area contributed by atoms with Crippen molar-refractivity contribution in [1.29, 1.82) is 0 Å². The van der Waals surface area contributed by atoms with E-state index in [4.69, 9.17) is 0 Å². The number of rotatable bonds is 5. The highest BCUT2D eigenvalue weighted by Crippen LogP contribution is 2.14. The third-order valence-corrected chi connectivity index (χ3v) is 4.07. The Labute approximate surface area is 157 Å². The molecule has 2 amide bonds. The zero-order valence-electron chi connectivity index (χ0n) is 13.6. The van der Waals surface area contributed by atoms with Gasteiger partial charge in [-0.3, -0.25) is 9.59 Å². The topological polar surface area (TPSA) is 74.0 Å². The van der Waals surface area contributed by atoms with Crippen LogP contribution in [0.5, 0.6) is 0 Å². The monoisotopic (exact) mass is 415 g/mol. The standard InChI is InChI=1S/C19H15BrFN3O2/c20-14-9-17(22-11-14)19(26)23-10-12-3-1-6-16(7-12)24-18(25)13-4-2-5-15(21)8-13/h1-9,11,22H,10H2,(H,23,26)(H,24,25). The Morgan fingerprint density at radius 3 is 2.58 bits per heavy atom. The van der Waals surface area contributed by atoms with Crippen LogP contribution in [0.15, 0.2) is 65.3 Å². The SMILES string of the molecule is O=C(Nc1cccc(CNC(=O)c2cc(Br)c[nH]2)c1)c1cccc(F)c1. The lowest BCUT2D eigenvalue weighted by Crippen LogP contribution is -2.23. The second-order valence-electron chi connectivity index (χ2n) is 5.58. The predicted octanol–water partition coefficient (Wildman–Crippen LogP) is 4.10. The van der Waals surface area contributed by atoms with Crippen LogP contribution in [-0.4, -0.2) is 16.8 Å². The van der Waals surface area contributed by atoms with Crippen molar-refractivity contribution in [2.75, 3.05) is 5.32 Å². The number of carbonyl (C=O) groups is 2. The molecule has 1 aromatic heterocycles. The minimum Gasteiger partial charge on any atom is -0.356 e. The van der Waals surface area contributed by atoms with Gasteiger partial charge in [0.15, 0.2) is 0 Å². The molecule has 0 unspecified atom stereocenters. The molecule has 2 aromatic carbocycles. The number of halogens is 2. The minimum atomic E-state index is -0.468. The van der Waals surface area contributed by atoms with Crippen molar-refractivity contribution in [2.45, 2.75) is 6.54 Å². The Kier molecular flexibility index (Phi) is 5.48. The Hall–Kier alpha value is -2.93. The molecule has 0 saturated heterocycles. The van der Waals surface area contributed by atoms with Crippen molar-refractivity contribution in [3.05, 3.63) is 87.9 Å². The Bertz CT molecular complexity index is 955. The molecule has 0 aliphatic rings. The first-order chi connectivity index (χ1) is 12.5. The number of hydrogen-bond acceptors (Lipinski definition) is 2. The molecule has 7 heteroatoms. The van der Waals surface area contributed by atoms with Gasteiger partial charge in [0, 0.05) is 28.5 Å². The number of aromatic nitrogens is 1. The van der Waals surface area contributed by atoms with Crippen molar-refractivity contribution in [3.63, 3.8) is 0 Å². The van der Waals surface area contributed by atoms with E-state index in [1.54, 1.807) is 30.5 Å². The normalized spacial score (nSPS) is 10.4. The van der Waals surface area contributed by atoms with Crippen LogP contribution in [0.3, 0.4) is 0 Å². The van der Waals surface area contributed by atoms with Crippen LogP contribution in [0.25, 0.3) is 0 Å². The maximum atomic E-state index is 13.2. The molecule has 0 aliphatic carbocycles. The van der Waals surface area contributed by atoms with Gasteiger partial charge in [-0.1, -0.05) is 18.2 Å². The fraction of sp³-hybridized carbons (Fsp3) is 0.0526. The Morgan fingerprint density at radius 1 is 1.04 bits per heavy atom. The van der Waals surface area contributed by atoms with Crippen LogP contribution in [0.2, 0.25) is 0 Å². The minimum absolute atomic E-state index is 0.232. The highest BCUT2D eigenvalue weighted by Gasteiger charge is 2.09. The Balaban J connectivity index is 1.62. The van der Waals surface area contributed by atoms with Crippen LogP contribution < -0.4 is 10.6 Å². The molecular weight excluding hydrogens is 401 g/mol. The molecular formula is C19H15BrFN3O2. The highest BCUT2D eigenvalue weighted by atomic mass is 79.9. The lowest BCUT2D eigenvalue weighted by molar-refractivity contribution is 0.0945. The average molecular weight is 416 g/mol. The fourth-order valence-corrected chi connectivity index (χ4v) is 2.71. The first-order valence-corrected chi connectivity index (χ1v) is 8.58. The second kappa shape index (κ2) is 7.97. The van der Waals surface area contributed by atoms with Gasteiger partial charge < -0.3 is 15.6 Å². The van der Waals surface area contributed by atoms with E-state index in [0.29, 0.717) is 17.9 Å². The van der Waals surface area contributed by atoms with E-state index < -0.39 is 11.7 Å². The molecule has 26 heavy (non-hydrogen) atoms. The van der Waals surface area contributed by atoms with Crippen molar-refractivity contribution in [2.24, 2.45) is 0 Å². The zero-order chi connectivity index (χ0) is 18.5. The summed E-state index contributed by atoms with van der Waals surface area (Å²) >= 11 is 3.28. The zero-order valence-corrected chi connectivity index (χ0v) is 15.1. The molecule has 0 atom stereocenters. The summed E-state index contributed by atoms with van der Waals surface area (Å²) in [6, 6.07) is 14.2. The second-order valence-corrected chi connectivity index (χ2v) is 6.49. The van der Waals surface area contributed by atoms with Gasteiger partial charge in [-0.2, -0.15) is 0 Å². The summed E-state index contributed by atoms with van der Waals surface area (Å²) in [5, 5.41) is 5.51. The van der Waals surface area contributed by atoms with E-state index >= 15 is 0 Å². The maximum Gasteiger partial charge on any atom is 0.267 e. The van der Waals surface area contributed by atoms with Crippen molar-refractivity contribution in [3.8, 4) is 0 Å². The van der Waals surface area contributed by atoms with Gasteiger partial charge in [-0.25, -0.2) is 4.39 Å². The van der Waals surface area contributed by atoms with Crippen LogP contribution in [0, 0.1) is 5.82 Å². The van der Waals surface area contributed by atoms with E-state index in [9.17, 15) is 14.0 Å². The molecule has 3 rings (SSSR count). The summed E-state index contributed by atoms with van der Waals surface area (Å²) in [5.74, 6) is -1.10. The summed E-state index contributed by atoms with van der Waals surface area (Å²) in [4.78, 5) is 27.1. The predicted molar refractivity (Wildman–Crippen MR) is 100 cm³/mol. The smallest absolute Gasteiger partial charge is 0.267 e. The lowest BCUT2D eigenvalue weighted by atomic mass is 10.1. The summed E-state index contributed by atoms with van der Waals surface area (Å²) in [5.41, 5.74) is 2.07. The molecule has 5 nitrogen and oxygen atoms in total. The number of amides is 2. The van der Waals surface area contributed by atoms with E-state index in [-0.39, 0.29) is 11.5 Å². The third kappa shape index (κ3) is 4.58. The van der Waals surface area contributed by atoms with Crippen LogP contribution in [0.4, 0.5) is 10.1 Å². The van der Waals surface area contributed by atoms with Crippen LogP contribution in [0.1, 0.15) is 26.4 Å². The van der Waals surface area contributed by atoms with Gasteiger partial charge in [0.2, 0.25) is 0 Å². The largest absolute Gasteiger partial charge is 0.356 e. The van der Waals surface area contributed by atoms with Crippen LogP contribution in [-0.2, 0) is 6.54 Å². The summed E-state index contributed by atoms with van der Waals surface area (Å²) in [6.07, 6.45) is 1.68. The maximum absolute atomic E-state index is 13.2. The summed E-state index contributed by atoms with van der Waals surface area (Å²) in [7, 11) is 0.